The van der Waals surface area contributed by atoms with E-state index in [1.165, 1.54) is 0 Å². The molecule has 1 aliphatic heterocycles. The molecule has 2 atom stereocenters. The maximum atomic E-state index is 12.9. The van der Waals surface area contributed by atoms with Crippen molar-refractivity contribution in [3.8, 4) is 0 Å². The monoisotopic (exact) mass is 471 g/mol. The normalized spacial score (nSPS) is 17.6. The van der Waals surface area contributed by atoms with Crippen LogP contribution in [0.5, 0.6) is 0 Å². The van der Waals surface area contributed by atoms with E-state index < -0.39 is 16.6 Å². The summed E-state index contributed by atoms with van der Waals surface area (Å²) in [5.74, 6) is 0.214. The van der Waals surface area contributed by atoms with Crippen molar-refractivity contribution in [2.24, 2.45) is 5.92 Å². The molecule has 0 saturated carbocycles. The lowest BCUT2D eigenvalue weighted by molar-refractivity contribution is 0.0240. The van der Waals surface area contributed by atoms with Crippen LogP contribution in [-0.2, 0) is 15.7 Å². The molecule has 176 valence electrons. The third kappa shape index (κ3) is 7.36. The van der Waals surface area contributed by atoms with Gasteiger partial charge in [-0.3, -0.25) is 0 Å². The zero-order valence-electron chi connectivity index (χ0n) is 20.1. The molecule has 0 bridgehead atoms. The van der Waals surface area contributed by atoms with Crippen molar-refractivity contribution in [1.82, 2.24) is 9.62 Å². The van der Waals surface area contributed by atoms with Gasteiger partial charge in [0.25, 0.3) is 0 Å². The quantitative estimate of drug-likeness (QED) is 0.645. The van der Waals surface area contributed by atoms with Crippen LogP contribution in [0.15, 0.2) is 18.2 Å². The predicted molar refractivity (Wildman–Crippen MR) is 130 cm³/mol. The number of benzene rings is 1. The molecule has 1 saturated heterocycles. The number of rotatable bonds is 5. The molecule has 8 heteroatoms. The standard InChI is InChI=1S/C23H38ClN3O3S/c1-16(2)20(25-31(29)23(6,7)8)18-15-17(24)9-10-19(18)26-11-13-27(14-12-26)21(28)30-22(3,4)5/h9-10,15-16,20,25H,11-14H2,1-8H3/t20-,31-/m0/s1. The summed E-state index contributed by atoms with van der Waals surface area (Å²) in [6, 6.07) is 5.77. The Morgan fingerprint density at radius 3 is 2.16 bits per heavy atom. The van der Waals surface area contributed by atoms with E-state index in [-0.39, 0.29) is 22.8 Å². The minimum Gasteiger partial charge on any atom is -0.444 e. The van der Waals surface area contributed by atoms with Crippen LogP contribution in [0.1, 0.15) is 67.0 Å². The predicted octanol–water partition coefficient (Wildman–Crippen LogP) is 5.15. The number of anilines is 1. The minimum absolute atomic E-state index is 0.113. The van der Waals surface area contributed by atoms with Crippen LogP contribution in [-0.4, -0.2) is 51.7 Å². The highest BCUT2D eigenvalue weighted by Gasteiger charge is 2.30. The first-order valence-electron chi connectivity index (χ1n) is 10.9. The number of hydrogen-bond donors (Lipinski definition) is 1. The van der Waals surface area contributed by atoms with Gasteiger partial charge in [0.15, 0.2) is 0 Å². The number of nitrogens with one attached hydrogen (secondary N) is 1. The zero-order valence-corrected chi connectivity index (χ0v) is 21.7. The second-order valence-corrected chi connectivity index (χ2v) is 12.8. The molecule has 6 nitrogen and oxygen atoms in total. The van der Waals surface area contributed by atoms with Gasteiger partial charge in [-0.15, -0.1) is 0 Å². The summed E-state index contributed by atoms with van der Waals surface area (Å²) in [5.41, 5.74) is 1.59. The van der Waals surface area contributed by atoms with Crippen LogP contribution < -0.4 is 9.62 Å². The Morgan fingerprint density at radius 2 is 1.68 bits per heavy atom. The van der Waals surface area contributed by atoms with E-state index >= 15 is 0 Å². The fourth-order valence-electron chi connectivity index (χ4n) is 3.37. The van der Waals surface area contributed by atoms with Crippen molar-refractivity contribution < 1.29 is 13.7 Å². The smallest absolute Gasteiger partial charge is 0.410 e. The molecule has 1 amide bonds. The van der Waals surface area contributed by atoms with Gasteiger partial charge >= 0.3 is 6.09 Å². The van der Waals surface area contributed by atoms with Crippen LogP contribution in [0.3, 0.4) is 0 Å². The van der Waals surface area contributed by atoms with E-state index in [1.54, 1.807) is 4.90 Å². The number of nitrogens with zero attached hydrogens (tertiary/aromatic N) is 2. The van der Waals surface area contributed by atoms with E-state index in [1.807, 2.05) is 59.7 Å². The molecule has 0 aromatic heterocycles. The molecule has 1 fully saturated rings. The van der Waals surface area contributed by atoms with Gasteiger partial charge in [-0.25, -0.2) is 13.7 Å². The molecule has 31 heavy (non-hydrogen) atoms. The molecule has 0 unspecified atom stereocenters. The van der Waals surface area contributed by atoms with E-state index in [4.69, 9.17) is 16.3 Å². The minimum atomic E-state index is -1.21. The van der Waals surface area contributed by atoms with Crippen molar-refractivity contribution in [3.63, 3.8) is 0 Å². The Bertz CT molecular complexity index is 794. The lowest BCUT2D eigenvalue weighted by Crippen LogP contribution is -2.50. The third-order valence-corrected chi connectivity index (χ3v) is 6.87. The Labute approximate surface area is 195 Å². The SMILES string of the molecule is CC(C)[C@H](N[S@@](=O)C(C)(C)C)c1cc(Cl)ccc1N1CCN(C(=O)OC(C)(C)C)CC1. The Morgan fingerprint density at radius 1 is 1.10 bits per heavy atom. The van der Waals surface area contributed by atoms with Gasteiger partial charge in [-0.05, 0) is 71.2 Å². The average molecular weight is 472 g/mol. The van der Waals surface area contributed by atoms with Crippen molar-refractivity contribution in [1.29, 1.82) is 0 Å². The summed E-state index contributed by atoms with van der Waals surface area (Å²) in [4.78, 5) is 16.4. The molecule has 1 aromatic carbocycles. The number of piperazine rings is 1. The zero-order chi connectivity index (χ0) is 23.6. The summed E-state index contributed by atoms with van der Waals surface area (Å²) in [6.07, 6.45) is -0.272. The van der Waals surface area contributed by atoms with Gasteiger partial charge in [0, 0.05) is 42.9 Å². The second-order valence-electron chi connectivity index (χ2n) is 10.4. The summed E-state index contributed by atoms with van der Waals surface area (Å²) < 4.78 is 21.3. The van der Waals surface area contributed by atoms with E-state index in [2.05, 4.69) is 23.5 Å². The fraction of sp³-hybridized carbons (Fsp3) is 0.696. The molecular formula is C23H38ClN3O3S. The molecule has 1 heterocycles. The molecule has 0 spiro atoms. The van der Waals surface area contributed by atoms with Crippen molar-refractivity contribution in [2.75, 3.05) is 31.1 Å². The summed E-state index contributed by atoms with van der Waals surface area (Å²) in [7, 11) is -1.21. The van der Waals surface area contributed by atoms with Crippen LogP contribution in [0.2, 0.25) is 5.02 Å². The first-order chi connectivity index (χ1) is 14.2. The molecule has 0 aliphatic carbocycles. The largest absolute Gasteiger partial charge is 0.444 e. The molecule has 1 N–H and O–H groups in total. The number of ether oxygens (including phenoxy) is 1. The summed E-state index contributed by atoms with van der Waals surface area (Å²) in [5, 5.41) is 0.653. The first-order valence-corrected chi connectivity index (χ1v) is 12.4. The lowest BCUT2D eigenvalue weighted by atomic mass is 9.95. The highest BCUT2D eigenvalue weighted by atomic mass is 35.5. The Balaban J connectivity index is 2.23. The molecular weight excluding hydrogens is 434 g/mol. The lowest BCUT2D eigenvalue weighted by Gasteiger charge is -2.39. The van der Waals surface area contributed by atoms with E-state index in [0.29, 0.717) is 31.2 Å². The summed E-state index contributed by atoms with van der Waals surface area (Å²) >= 11 is 6.37. The number of amides is 1. The average Bonchev–Trinajstić information content (AvgIpc) is 2.63. The number of carbonyl (C=O) groups is 1. The van der Waals surface area contributed by atoms with E-state index in [0.717, 1.165) is 11.3 Å². The molecule has 2 rings (SSSR count). The van der Waals surface area contributed by atoms with Crippen molar-refractivity contribution in [2.45, 2.75) is 71.8 Å². The maximum absolute atomic E-state index is 12.9. The van der Waals surface area contributed by atoms with Gasteiger partial charge in [-0.2, -0.15) is 0 Å². The van der Waals surface area contributed by atoms with Gasteiger partial charge in [0.2, 0.25) is 0 Å². The fourth-order valence-corrected chi connectivity index (χ4v) is 4.53. The third-order valence-electron chi connectivity index (χ3n) is 5.05. The molecule has 0 radical (unpaired) electrons. The number of halogens is 1. The summed E-state index contributed by atoms with van der Waals surface area (Å²) in [6.45, 7) is 18.3. The van der Waals surface area contributed by atoms with Crippen molar-refractivity contribution in [3.05, 3.63) is 28.8 Å². The molecule has 1 aromatic rings. The second kappa shape index (κ2) is 10.1. The van der Waals surface area contributed by atoms with Gasteiger partial charge in [0.05, 0.1) is 15.7 Å². The van der Waals surface area contributed by atoms with Crippen LogP contribution in [0, 0.1) is 5.92 Å². The number of hydrogen-bond acceptors (Lipinski definition) is 4. The first kappa shape index (κ1) is 25.9. The maximum Gasteiger partial charge on any atom is 0.410 e. The van der Waals surface area contributed by atoms with Gasteiger partial charge in [0.1, 0.15) is 5.60 Å². The van der Waals surface area contributed by atoms with Crippen molar-refractivity contribution >= 4 is 34.4 Å². The van der Waals surface area contributed by atoms with Crippen LogP contribution in [0.4, 0.5) is 10.5 Å². The van der Waals surface area contributed by atoms with Gasteiger partial charge in [-0.1, -0.05) is 25.4 Å². The Hall–Kier alpha value is -1.31. The highest BCUT2D eigenvalue weighted by molar-refractivity contribution is 7.84. The van der Waals surface area contributed by atoms with Gasteiger partial charge < -0.3 is 14.5 Å². The number of carbonyl (C=O) groups excluding carboxylic acids is 1. The highest BCUT2D eigenvalue weighted by Crippen LogP contribution is 2.35. The Kier molecular flexibility index (Phi) is 8.45. The van der Waals surface area contributed by atoms with Crippen LogP contribution >= 0.6 is 11.6 Å². The topological polar surface area (TPSA) is 61.9 Å². The van der Waals surface area contributed by atoms with Crippen LogP contribution in [0.25, 0.3) is 0 Å². The molecule has 1 aliphatic rings. The van der Waals surface area contributed by atoms with E-state index in [9.17, 15) is 9.00 Å².